The van der Waals surface area contributed by atoms with E-state index < -0.39 is 5.82 Å². The van der Waals surface area contributed by atoms with Crippen molar-refractivity contribution >= 4 is 21.8 Å². The van der Waals surface area contributed by atoms with Gasteiger partial charge >= 0.3 is 0 Å². The lowest BCUT2D eigenvalue weighted by atomic mass is 10.2. The van der Waals surface area contributed by atoms with Gasteiger partial charge in [-0.2, -0.15) is 4.98 Å². The van der Waals surface area contributed by atoms with E-state index in [0.29, 0.717) is 24.7 Å². The molecule has 0 aliphatic carbocycles. The third-order valence-electron chi connectivity index (χ3n) is 2.39. The average molecular weight is 328 g/mol. The molecule has 0 bridgehead atoms. The van der Waals surface area contributed by atoms with E-state index in [-0.39, 0.29) is 15.9 Å². The predicted molar refractivity (Wildman–Crippen MR) is 69.2 cm³/mol. The predicted octanol–water partition coefficient (Wildman–Crippen LogP) is 2.25. The highest BCUT2D eigenvalue weighted by atomic mass is 79.9. The summed E-state index contributed by atoms with van der Waals surface area (Å²) in [4.78, 5) is 15.9. The molecule has 0 radical (unpaired) electrons. The monoisotopic (exact) mass is 327 g/mol. The topological polar surface area (TPSA) is 68.0 Å². The van der Waals surface area contributed by atoms with Crippen LogP contribution in [0.3, 0.4) is 0 Å². The van der Waals surface area contributed by atoms with Gasteiger partial charge in [0, 0.05) is 13.0 Å². The normalized spacial score (nSPS) is 10.5. The van der Waals surface area contributed by atoms with Crippen LogP contribution in [0.4, 0.5) is 4.39 Å². The van der Waals surface area contributed by atoms with E-state index in [0.717, 1.165) is 0 Å². The number of aromatic nitrogens is 2. The first-order valence-corrected chi connectivity index (χ1v) is 6.38. The molecule has 0 saturated heterocycles. The van der Waals surface area contributed by atoms with E-state index in [1.807, 2.05) is 0 Å². The lowest BCUT2D eigenvalue weighted by molar-refractivity contribution is 0.0952. The van der Waals surface area contributed by atoms with Gasteiger partial charge in [0.25, 0.3) is 5.91 Å². The van der Waals surface area contributed by atoms with Crippen LogP contribution in [0, 0.1) is 12.7 Å². The maximum atomic E-state index is 13.3. The van der Waals surface area contributed by atoms with Gasteiger partial charge in [0.2, 0.25) is 5.89 Å². The summed E-state index contributed by atoms with van der Waals surface area (Å²) in [6.07, 6.45) is 0.430. The molecule has 19 heavy (non-hydrogen) atoms. The van der Waals surface area contributed by atoms with Gasteiger partial charge in [-0.15, -0.1) is 0 Å². The molecule has 5 nitrogen and oxygen atoms in total. The van der Waals surface area contributed by atoms with Crippen molar-refractivity contribution in [2.45, 2.75) is 13.3 Å². The molecule has 100 valence electrons. The molecular weight excluding hydrogens is 317 g/mol. The molecule has 0 unspecified atom stereocenters. The van der Waals surface area contributed by atoms with Crippen molar-refractivity contribution in [1.82, 2.24) is 15.5 Å². The Hall–Kier alpha value is -1.76. The second-order valence-corrected chi connectivity index (χ2v) is 4.64. The SMILES string of the molecule is Cc1noc(CCNC(=O)c2cccc(F)c2Br)n1. The van der Waals surface area contributed by atoms with Crippen LogP contribution in [0.5, 0.6) is 0 Å². The number of benzene rings is 1. The molecule has 0 fully saturated rings. The van der Waals surface area contributed by atoms with Crippen molar-refractivity contribution in [2.75, 3.05) is 6.54 Å². The Labute approximate surface area is 117 Å². The number of carbonyl (C=O) groups excluding carboxylic acids is 1. The van der Waals surface area contributed by atoms with Crippen LogP contribution in [0.15, 0.2) is 27.2 Å². The van der Waals surface area contributed by atoms with E-state index in [1.165, 1.54) is 12.1 Å². The Bertz CT molecular complexity index is 600. The number of amides is 1. The number of halogens is 2. The third kappa shape index (κ3) is 3.37. The summed E-state index contributed by atoms with van der Waals surface area (Å²) < 4.78 is 18.3. The molecule has 1 N–H and O–H groups in total. The van der Waals surface area contributed by atoms with Crippen molar-refractivity contribution < 1.29 is 13.7 Å². The summed E-state index contributed by atoms with van der Waals surface area (Å²) in [6.45, 7) is 2.05. The molecule has 1 heterocycles. The van der Waals surface area contributed by atoms with Gasteiger partial charge in [-0.1, -0.05) is 11.2 Å². The molecular formula is C12H11BrFN3O2. The molecule has 0 saturated carbocycles. The van der Waals surface area contributed by atoms with E-state index >= 15 is 0 Å². The van der Waals surface area contributed by atoms with Crippen LogP contribution in [0.2, 0.25) is 0 Å². The van der Waals surface area contributed by atoms with Gasteiger partial charge in [0.1, 0.15) is 5.82 Å². The summed E-state index contributed by atoms with van der Waals surface area (Å²) in [6, 6.07) is 4.30. The Balaban J connectivity index is 1.93. The average Bonchev–Trinajstić information content (AvgIpc) is 2.78. The second-order valence-electron chi connectivity index (χ2n) is 3.84. The smallest absolute Gasteiger partial charge is 0.252 e. The summed E-state index contributed by atoms with van der Waals surface area (Å²) >= 11 is 3.04. The van der Waals surface area contributed by atoms with Crippen molar-refractivity contribution in [3.8, 4) is 0 Å². The number of hydrogen-bond acceptors (Lipinski definition) is 4. The van der Waals surface area contributed by atoms with Crippen molar-refractivity contribution in [2.24, 2.45) is 0 Å². The highest BCUT2D eigenvalue weighted by Crippen LogP contribution is 2.20. The van der Waals surface area contributed by atoms with Gasteiger partial charge < -0.3 is 9.84 Å². The molecule has 0 aliphatic heterocycles. The number of rotatable bonds is 4. The zero-order chi connectivity index (χ0) is 13.8. The quantitative estimate of drug-likeness (QED) is 0.935. The summed E-state index contributed by atoms with van der Waals surface area (Å²) in [5.74, 6) is 0.174. The Morgan fingerprint density at radius 3 is 3.00 bits per heavy atom. The van der Waals surface area contributed by atoms with Crippen molar-refractivity contribution in [3.63, 3.8) is 0 Å². The zero-order valence-corrected chi connectivity index (χ0v) is 11.7. The fourth-order valence-corrected chi connectivity index (χ4v) is 1.94. The molecule has 1 amide bonds. The third-order valence-corrected chi connectivity index (χ3v) is 3.20. The van der Waals surface area contributed by atoms with Gasteiger partial charge in [0.05, 0.1) is 10.0 Å². The number of aryl methyl sites for hydroxylation is 1. The van der Waals surface area contributed by atoms with Gasteiger partial charge in [-0.3, -0.25) is 4.79 Å². The Kier molecular flexibility index (Phi) is 4.26. The minimum atomic E-state index is -0.472. The van der Waals surface area contributed by atoms with E-state index in [1.54, 1.807) is 13.0 Å². The lowest BCUT2D eigenvalue weighted by Gasteiger charge is -2.06. The van der Waals surface area contributed by atoms with E-state index in [4.69, 9.17) is 4.52 Å². The highest BCUT2D eigenvalue weighted by Gasteiger charge is 2.12. The Morgan fingerprint density at radius 2 is 2.32 bits per heavy atom. The molecule has 0 spiro atoms. The summed E-state index contributed by atoms with van der Waals surface area (Å²) in [5, 5.41) is 6.30. The largest absolute Gasteiger partial charge is 0.351 e. The Morgan fingerprint density at radius 1 is 1.53 bits per heavy atom. The van der Waals surface area contributed by atoms with Crippen molar-refractivity contribution in [1.29, 1.82) is 0 Å². The fourth-order valence-electron chi connectivity index (χ4n) is 1.50. The summed E-state index contributed by atoms with van der Waals surface area (Å²) in [7, 11) is 0. The van der Waals surface area contributed by atoms with E-state index in [9.17, 15) is 9.18 Å². The second kappa shape index (κ2) is 5.92. The minimum absolute atomic E-state index is 0.154. The lowest BCUT2D eigenvalue weighted by Crippen LogP contribution is -2.26. The molecule has 0 atom stereocenters. The molecule has 2 rings (SSSR count). The maximum absolute atomic E-state index is 13.3. The van der Waals surface area contributed by atoms with Crippen molar-refractivity contribution in [3.05, 3.63) is 45.8 Å². The molecule has 1 aromatic heterocycles. The molecule has 1 aromatic carbocycles. The first-order chi connectivity index (χ1) is 9.08. The van der Waals surface area contributed by atoms with Crippen LogP contribution in [-0.4, -0.2) is 22.6 Å². The fraction of sp³-hybridized carbons (Fsp3) is 0.250. The minimum Gasteiger partial charge on any atom is -0.351 e. The number of nitrogens with one attached hydrogen (secondary N) is 1. The standard InChI is InChI=1S/C12H11BrFN3O2/c1-7-16-10(19-17-7)5-6-15-12(18)8-3-2-4-9(14)11(8)13/h2-4H,5-6H2,1H3,(H,15,18). The summed E-state index contributed by atoms with van der Waals surface area (Å²) in [5.41, 5.74) is 0.252. The van der Waals surface area contributed by atoms with Crippen LogP contribution in [0.1, 0.15) is 22.1 Å². The van der Waals surface area contributed by atoms with Gasteiger partial charge in [-0.05, 0) is 35.0 Å². The number of nitrogens with zero attached hydrogens (tertiary/aromatic N) is 2. The molecule has 0 aliphatic rings. The number of carbonyl (C=O) groups is 1. The van der Waals surface area contributed by atoms with Crippen LogP contribution in [0.25, 0.3) is 0 Å². The van der Waals surface area contributed by atoms with E-state index in [2.05, 4.69) is 31.4 Å². The van der Waals surface area contributed by atoms with Crippen LogP contribution < -0.4 is 5.32 Å². The maximum Gasteiger partial charge on any atom is 0.252 e. The molecule has 7 heteroatoms. The first kappa shape index (κ1) is 13.7. The van der Waals surface area contributed by atoms with Gasteiger partial charge in [-0.25, -0.2) is 4.39 Å². The van der Waals surface area contributed by atoms with Crippen LogP contribution in [-0.2, 0) is 6.42 Å². The first-order valence-electron chi connectivity index (χ1n) is 5.59. The zero-order valence-electron chi connectivity index (χ0n) is 10.1. The highest BCUT2D eigenvalue weighted by molar-refractivity contribution is 9.10. The van der Waals surface area contributed by atoms with Gasteiger partial charge in [0.15, 0.2) is 5.82 Å². The number of hydrogen-bond donors (Lipinski definition) is 1. The van der Waals surface area contributed by atoms with Crippen LogP contribution >= 0.6 is 15.9 Å². The molecule has 2 aromatic rings.